The van der Waals surface area contributed by atoms with Crippen LogP contribution < -0.4 is 0 Å². The molecule has 3 aromatic rings. The molecule has 0 aliphatic carbocycles. The zero-order valence-corrected chi connectivity index (χ0v) is 10.3. The molecule has 86 valence electrons. The van der Waals surface area contributed by atoms with Gasteiger partial charge in [0, 0.05) is 34.8 Å². The molecule has 0 N–H and O–H groups in total. The van der Waals surface area contributed by atoms with Crippen molar-refractivity contribution in [3.63, 3.8) is 0 Å². The van der Waals surface area contributed by atoms with Crippen molar-refractivity contribution in [2.24, 2.45) is 0 Å². The highest BCUT2D eigenvalue weighted by atomic mass is 35.5. The highest BCUT2D eigenvalue weighted by Gasteiger charge is 1.91. The third-order valence-corrected chi connectivity index (χ3v) is 2.49. The highest BCUT2D eigenvalue weighted by Crippen LogP contribution is 2.10. The Hall–Kier alpha value is -1.58. The van der Waals surface area contributed by atoms with Gasteiger partial charge in [-0.2, -0.15) is 5.10 Å². The summed E-state index contributed by atoms with van der Waals surface area (Å²) in [6, 6.07) is 9.06. The summed E-state index contributed by atoms with van der Waals surface area (Å²) in [5.41, 5.74) is 1.02. The minimum absolute atomic E-state index is 0.731. The molecule has 3 rings (SSSR count). The first-order valence-electron chi connectivity index (χ1n) is 4.90. The topological polar surface area (TPSA) is 30.2 Å². The lowest BCUT2D eigenvalue weighted by atomic mass is 10.4. The van der Waals surface area contributed by atoms with Gasteiger partial charge in [-0.15, -0.1) is 0 Å². The Labute approximate surface area is 109 Å². The van der Waals surface area contributed by atoms with E-state index in [9.17, 15) is 0 Å². The number of halogens is 2. The van der Waals surface area contributed by atoms with Gasteiger partial charge in [0.1, 0.15) is 0 Å². The van der Waals surface area contributed by atoms with E-state index < -0.39 is 0 Å². The van der Waals surface area contributed by atoms with E-state index in [4.69, 9.17) is 23.2 Å². The third-order valence-electron chi connectivity index (χ3n) is 2.00. The molecule has 5 heteroatoms. The first-order chi connectivity index (χ1) is 8.25. The van der Waals surface area contributed by atoms with E-state index in [-0.39, 0.29) is 0 Å². The van der Waals surface area contributed by atoms with Gasteiger partial charge in [-0.05, 0) is 30.3 Å². The van der Waals surface area contributed by atoms with Gasteiger partial charge in [0.2, 0.25) is 0 Å². The minimum Gasteiger partial charge on any atom is -0.265 e. The molecule has 0 aromatic carbocycles. The van der Waals surface area contributed by atoms with Crippen LogP contribution in [0.1, 0.15) is 0 Å². The second kappa shape index (κ2) is 5.66. The summed E-state index contributed by atoms with van der Waals surface area (Å²) in [7, 11) is 0. The van der Waals surface area contributed by atoms with E-state index in [1.807, 2.05) is 24.4 Å². The van der Waals surface area contributed by atoms with Gasteiger partial charge in [0.25, 0.3) is 0 Å². The number of hydrogen-bond donors (Lipinski definition) is 0. The van der Waals surface area contributed by atoms with Crippen molar-refractivity contribution in [1.82, 2.24) is 14.6 Å². The monoisotopic (exact) mass is 265 g/mol. The van der Waals surface area contributed by atoms with Crippen molar-refractivity contribution >= 4 is 28.7 Å². The van der Waals surface area contributed by atoms with Crippen LogP contribution in [0, 0.1) is 0 Å². The van der Waals surface area contributed by atoms with E-state index >= 15 is 0 Å². The van der Waals surface area contributed by atoms with Gasteiger partial charge >= 0.3 is 0 Å². The molecule has 0 fully saturated rings. The zero-order chi connectivity index (χ0) is 12.1. The summed E-state index contributed by atoms with van der Waals surface area (Å²) >= 11 is 11.2. The molecule has 0 amide bonds. The maximum Gasteiger partial charge on any atom is 0.0676 e. The van der Waals surface area contributed by atoms with Crippen LogP contribution in [0.4, 0.5) is 0 Å². The van der Waals surface area contributed by atoms with Gasteiger partial charge in [0.05, 0.1) is 5.52 Å². The Morgan fingerprint density at radius 2 is 1.65 bits per heavy atom. The lowest BCUT2D eigenvalue weighted by Gasteiger charge is -1.90. The minimum atomic E-state index is 0.731. The SMILES string of the molecule is Clc1ccn2nccc2c1.Clc1ccncc1. The molecule has 0 aliphatic rings. The second-order valence-electron chi connectivity index (χ2n) is 3.21. The summed E-state index contributed by atoms with van der Waals surface area (Å²) in [5.74, 6) is 0. The zero-order valence-electron chi connectivity index (χ0n) is 8.79. The molecule has 3 nitrogen and oxygen atoms in total. The van der Waals surface area contributed by atoms with Gasteiger partial charge in [-0.25, -0.2) is 4.52 Å². The Bertz CT molecular complexity index is 593. The molecule has 3 heterocycles. The highest BCUT2D eigenvalue weighted by molar-refractivity contribution is 6.31. The maximum absolute atomic E-state index is 5.73. The lowest BCUT2D eigenvalue weighted by Crippen LogP contribution is -1.82. The molecule has 0 spiro atoms. The fraction of sp³-hybridized carbons (Fsp3) is 0. The van der Waals surface area contributed by atoms with Crippen molar-refractivity contribution in [1.29, 1.82) is 0 Å². The Balaban J connectivity index is 0.000000136. The number of aromatic nitrogens is 3. The van der Waals surface area contributed by atoms with E-state index in [2.05, 4.69) is 10.1 Å². The van der Waals surface area contributed by atoms with Crippen molar-refractivity contribution in [2.45, 2.75) is 0 Å². The van der Waals surface area contributed by atoms with E-state index in [1.54, 1.807) is 35.2 Å². The molecule has 17 heavy (non-hydrogen) atoms. The molecule has 0 aliphatic heterocycles. The average molecular weight is 266 g/mol. The molecule has 3 aromatic heterocycles. The van der Waals surface area contributed by atoms with E-state index in [0.717, 1.165) is 15.6 Å². The van der Waals surface area contributed by atoms with Crippen LogP contribution in [0.3, 0.4) is 0 Å². The van der Waals surface area contributed by atoms with Crippen LogP contribution in [-0.4, -0.2) is 14.6 Å². The molecule has 0 saturated heterocycles. The van der Waals surface area contributed by atoms with Crippen LogP contribution >= 0.6 is 23.2 Å². The Morgan fingerprint density at radius 1 is 0.882 bits per heavy atom. The smallest absolute Gasteiger partial charge is 0.0676 e. The van der Waals surface area contributed by atoms with E-state index in [1.165, 1.54) is 0 Å². The molecule has 0 unspecified atom stereocenters. The molecular formula is C12H9Cl2N3. The van der Waals surface area contributed by atoms with Crippen LogP contribution in [0.15, 0.2) is 55.1 Å². The standard InChI is InChI=1S/C7H5ClN2.C5H4ClN/c8-6-2-4-10-7(5-6)1-3-9-10;6-5-1-3-7-4-2-5/h1-5H;1-4H. The van der Waals surface area contributed by atoms with Crippen molar-refractivity contribution in [3.05, 3.63) is 65.2 Å². The van der Waals surface area contributed by atoms with Crippen LogP contribution in [0.5, 0.6) is 0 Å². The fourth-order valence-electron chi connectivity index (χ4n) is 1.23. The fourth-order valence-corrected chi connectivity index (χ4v) is 1.51. The predicted molar refractivity (Wildman–Crippen MR) is 69.4 cm³/mol. The first-order valence-corrected chi connectivity index (χ1v) is 5.66. The average Bonchev–Trinajstić information content (AvgIpc) is 2.78. The van der Waals surface area contributed by atoms with Crippen molar-refractivity contribution in [2.75, 3.05) is 0 Å². The number of hydrogen-bond acceptors (Lipinski definition) is 2. The number of fused-ring (bicyclic) bond motifs is 1. The van der Waals surface area contributed by atoms with Gasteiger partial charge in [-0.1, -0.05) is 23.2 Å². The van der Waals surface area contributed by atoms with Gasteiger partial charge in [0.15, 0.2) is 0 Å². The quantitative estimate of drug-likeness (QED) is 0.620. The van der Waals surface area contributed by atoms with Crippen LogP contribution in [-0.2, 0) is 0 Å². The third kappa shape index (κ3) is 3.44. The summed E-state index contributed by atoms with van der Waals surface area (Å²) in [6.07, 6.45) is 6.88. The van der Waals surface area contributed by atoms with Gasteiger partial charge < -0.3 is 0 Å². The normalized spacial score (nSPS) is 9.76. The molecule has 0 radical (unpaired) electrons. The van der Waals surface area contributed by atoms with Crippen LogP contribution in [0.25, 0.3) is 5.52 Å². The Kier molecular flexibility index (Phi) is 3.96. The first kappa shape index (κ1) is 11.9. The van der Waals surface area contributed by atoms with Crippen LogP contribution in [0.2, 0.25) is 10.0 Å². The van der Waals surface area contributed by atoms with Crippen molar-refractivity contribution in [3.8, 4) is 0 Å². The van der Waals surface area contributed by atoms with E-state index in [0.29, 0.717) is 0 Å². The summed E-state index contributed by atoms with van der Waals surface area (Å²) in [4.78, 5) is 3.76. The number of rotatable bonds is 0. The second-order valence-corrected chi connectivity index (χ2v) is 4.08. The Morgan fingerprint density at radius 3 is 2.29 bits per heavy atom. The summed E-state index contributed by atoms with van der Waals surface area (Å²) < 4.78 is 1.77. The number of nitrogens with zero attached hydrogens (tertiary/aromatic N) is 3. The predicted octanol–water partition coefficient (Wildman–Crippen LogP) is 3.72. The maximum atomic E-state index is 5.73. The largest absolute Gasteiger partial charge is 0.265 e. The molecule has 0 saturated carbocycles. The molecule has 0 atom stereocenters. The summed E-state index contributed by atoms with van der Waals surface area (Å²) in [5, 5.41) is 5.49. The molecular weight excluding hydrogens is 257 g/mol. The molecule has 0 bridgehead atoms. The van der Waals surface area contributed by atoms with Crippen molar-refractivity contribution < 1.29 is 0 Å². The number of pyridine rings is 2. The lowest BCUT2D eigenvalue weighted by molar-refractivity contribution is 0.961. The summed E-state index contributed by atoms with van der Waals surface area (Å²) in [6.45, 7) is 0. The van der Waals surface area contributed by atoms with Gasteiger partial charge in [-0.3, -0.25) is 4.98 Å².